The number of hydrogen-bond donors (Lipinski definition) is 2. The van der Waals surface area contributed by atoms with E-state index in [9.17, 15) is 5.11 Å². The first-order valence-corrected chi connectivity index (χ1v) is 7.17. The van der Waals surface area contributed by atoms with Crippen LogP contribution in [-0.2, 0) is 0 Å². The third-order valence-corrected chi connectivity index (χ3v) is 4.53. The summed E-state index contributed by atoms with van der Waals surface area (Å²) in [7, 11) is 8.41. The molecule has 0 spiro atoms. The maximum absolute atomic E-state index is 9.65. The first-order valence-electron chi connectivity index (χ1n) is 7.17. The van der Waals surface area contributed by atoms with Crippen molar-refractivity contribution in [3.05, 3.63) is 0 Å². The van der Waals surface area contributed by atoms with E-state index in [4.69, 9.17) is 0 Å². The number of nitrogens with zero attached hydrogens (tertiary/aromatic N) is 2. The van der Waals surface area contributed by atoms with Gasteiger partial charge in [-0.15, -0.1) is 0 Å². The largest absolute Gasteiger partial charge is 0.394 e. The normalized spacial score (nSPS) is 28.5. The molecule has 0 heterocycles. The van der Waals surface area contributed by atoms with Crippen LogP contribution in [0.5, 0.6) is 0 Å². The summed E-state index contributed by atoms with van der Waals surface area (Å²) in [5.74, 6) is 0.620. The Kier molecular flexibility index (Phi) is 6.57. The van der Waals surface area contributed by atoms with Crippen LogP contribution < -0.4 is 5.32 Å². The van der Waals surface area contributed by atoms with Crippen LogP contribution in [0.25, 0.3) is 0 Å². The summed E-state index contributed by atoms with van der Waals surface area (Å²) in [6.45, 7) is 3.63. The summed E-state index contributed by atoms with van der Waals surface area (Å²) in [5.41, 5.74) is -0.0115. The highest BCUT2D eigenvalue weighted by molar-refractivity contribution is 4.98. The minimum absolute atomic E-state index is 0.0115. The van der Waals surface area contributed by atoms with Crippen LogP contribution in [0.15, 0.2) is 0 Å². The SMILES string of the molecule is CNC1(CO)CCCC1CCN(C)CCN(C)C. The maximum atomic E-state index is 9.65. The second kappa shape index (κ2) is 7.43. The van der Waals surface area contributed by atoms with Gasteiger partial charge in [-0.1, -0.05) is 6.42 Å². The lowest BCUT2D eigenvalue weighted by molar-refractivity contribution is 0.120. The topological polar surface area (TPSA) is 38.7 Å². The molecule has 1 aliphatic rings. The van der Waals surface area contributed by atoms with Crippen molar-refractivity contribution in [2.45, 2.75) is 31.2 Å². The van der Waals surface area contributed by atoms with Crippen molar-refractivity contribution in [3.8, 4) is 0 Å². The van der Waals surface area contributed by atoms with Crippen LogP contribution in [0.3, 0.4) is 0 Å². The lowest BCUT2D eigenvalue weighted by Gasteiger charge is -2.34. The highest BCUT2D eigenvalue weighted by atomic mass is 16.3. The average Bonchev–Trinajstić information content (AvgIpc) is 2.77. The minimum Gasteiger partial charge on any atom is -0.394 e. The Hall–Kier alpha value is -0.160. The number of likely N-dealkylation sites (N-methyl/N-ethyl adjacent to an activating group) is 3. The van der Waals surface area contributed by atoms with Crippen LogP contribution in [0, 0.1) is 5.92 Å². The van der Waals surface area contributed by atoms with E-state index in [0.717, 1.165) is 26.1 Å². The summed E-state index contributed by atoms with van der Waals surface area (Å²) in [5, 5.41) is 13.0. The van der Waals surface area contributed by atoms with Crippen molar-refractivity contribution >= 4 is 0 Å². The van der Waals surface area contributed by atoms with E-state index < -0.39 is 0 Å². The molecule has 1 saturated carbocycles. The van der Waals surface area contributed by atoms with Gasteiger partial charge in [0.2, 0.25) is 0 Å². The Bertz CT molecular complexity index is 229. The monoisotopic (exact) mass is 257 g/mol. The van der Waals surface area contributed by atoms with Gasteiger partial charge in [0.05, 0.1) is 6.61 Å². The third kappa shape index (κ3) is 4.19. The summed E-state index contributed by atoms with van der Waals surface area (Å²) in [6, 6.07) is 0. The molecule has 108 valence electrons. The molecule has 0 saturated heterocycles. The van der Waals surface area contributed by atoms with Gasteiger partial charge in [0.1, 0.15) is 0 Å². The molecule has 1 rings (SSSR count). The van der Waals surface area contributed by atoms with E-state index in [1.165, 1.54) is 19.3 Å². The smallest absolute Gasteiger partial charge is 0.0615 e. The zero-order valence-corrected chi connectivity index (χ0v) is 12.6. The highest BCUT2D eigenvalue weighted by Crippen LogP contribution is 2.37. The van der Waals surface area contributed by atoms with Gasteiger partial charge in [-0.25, -0.2) is 0 Å². The molecular formula is C14H31N3O. The fourth-order valence-electron chi connectivity index (χ4n) is 3.04. The van der Waals surface area contributed by atoms with E-state index in [0.29, 0.717) is 5.92 Å². The van der Waals surface area contributed by atoms with Crippen LogP contribution >= 0.6 is 0 Å². The van der Waals surface area contributed by atoms with E-state index in [2.05, 4.69) is 36.3 Å². The second-order valence-corrected chi connectivity index (χ2v) is 6.05. The van der Waals surface area contributed by atoms with Gasteiger partial charge >= 0.3 is 0 Å². The molecule has 0 aromatic heterocycles. The lowest BCUT2D eigenvalue weighted by Crippen LogP contribution is -2.50. The van der Waals surface area contributed by atoms with Gasteiger partial charge < -0.3 is 20.2 Å². The van der Waals surface area contributed by atoms with Crippen molar-refractivity contribution in [1.29, 1.82) is 0 Å². The Balaban J connectivity index is 2.33. The number of aliphatic hydroxyl groups is 1. The fourth-order valence-corrected chi connectivity index (χ4v) is 3.04. The molecule has 4 heteroatoms. The molecule has 2 N–H and O–H groups in total. The maximum Gasteiger partial charge on any atom is 0.0615 e. The van der Waals surface area contributed by atoms with Crippen molar-refractivity contribution in [2.24, 2.45) is 5.92 Å². The van der Waals surface area contributed by atoms with Gasteiger partial charge in [-0.2, -0.15) is 0 Å². The molecule has 2 atom stereocenters. The zero-order chi connectivity index (χ0) is 13.6. The highest BCUT2D eigenvalue weighted by Gasteiger charge is 2.40. The predicted molar refractivity (Wildman–Crippen MR) is 76.9 cm³/mol. The molecule has 1 aliphatic carbocycles. The fraction of sp³-hybridized carbons (Fsp3) is 1.00. The molecule has 0 bridgehead atoms. The molecule has 18 heavy (non-hydrogen) atoms. The quantitative estimate of drug-likeness (QED) is 0.669. The van der Waals surface area contributed by atoms with Crippen LogP contribution in [0.4, 0.5) is 0 Å². The molecular weight excluding hydrogens is 226 g/mol. The molecule has 2 unspecified atom stereocenters. The number of rotatable bonds is 8. The summed E-state index contributed by atoms with van der Waals surface area (Å²) < 4.78 is 0. The molecule has 0 aliphatic heterocycles. The van der Waals surface area contributed by atoms with Gasteiger partial charge in [0.15, 0.2) is 0 Å². The number of nitrogens with one attached hydrogen (secondary N) is 1. The first kappa shape index (κ1) is 15.9. The standard InChI is InChI=1S/C14H31N3O/c1-15-14(12-18)8-5-6-13(14)7-9-17(4)11-10-16(2)3/h13,15,18H,5-12H2,1-4H3. The Morgan fingerprint density at radius 2 is 1.94 bits per heavy atom. The average molecular weight is 257 g/mol. The molecule has 0 radical (unpaired) electrons. The minimum atomic E-state index is -0.0115. The Morgan fingerprint density at radius 3 is 2.50 bits per heavy atom. The second-order valence-electron chi connectivity index (χ2n) is 6.05. The van der Waals surface area contributed by atoms with Crippen LogP contribution in [0.1, 0.15) is 25.7 Å². The van der Waals surface area contributed by atoms with Crippen molar-refractivity contribution in [2.75, 3.05) is 54.4 Å². The summed E-state index contributed by atoms with van der Waals surface area (Å²) >= 11 is 0. The van der Waals surface area contributed by atoms with E-state index in [1.807, 2.05) is 7.05 Å². The third-order valence-electron chi connectivity index (χ3n) is 4.53. The van der Waals surface area contributed by atoms with Crippen molar-refractivity contribution < 1.29 is 5.11 Å². The summed E-state index contributed by atoms with van der Waals surface area (Å²) in [6.07, 6.45) is 4.80. The van der Waals surface area contributed by atoms with Gasteiger partial charge in [0.25, 0.3) is 0 Å². The van der Waals surface area contributed by atoms with E-state index in [1.54, 1.807) is 0 Å². The molecule has 4 nitrogen and oxygen atoms in total. The first-order chi connectivity index (χ1) is 8.54. The van der Waals surface area contributed by atoms with Crippen molar-refractivity contribution in [1.82, 2.24) is 15.1 Å². The van der Waals surface area contributed by atoms with Gasteiger partial charge in [-0.3, -0.25) is 0 Å². The van der Waals surface area contributed by atoms with E-state index in [-0.39, 0.29) is 12.1 Å². The van der Waals surface area contributed by atoms with Crippen molar-refractivity contribution in [3.63, 3.8) is 0 Å². The van der Waals surface area contributed by atoms with Crippen LogP contribution in [0.2, 0.25) is 0 Å². The molecule has 0 amide bonds. The van der Waals surface area contributed by atoms with Gasteiger partial charge in [-0.05, 0) is 59.9 Å². The molecule has 0 aromatic rings. The van der Waals surface area contributed by atoms with Gasteiger partial charge in [0, 0.05) is 18.6 Å². The van der Waals surface area contributed by atoms with Crippen LogP contribution in [-0.4, -0.2) is 74.9 Å². The Labute approximate surface area is 112 Å². The number of aliphatic hydroxyl groups excluding tert-OH is 1. The summed E-state index contributed by atoms with van der Waals surface area (Å²) in [4.78, 5) is 4.62. The zero-order valence-electron chi connectivity index (χ0n) is 12.6. The molecule has 1 fully saturated rings. The molecule has 0 aromatic carbocycles. The van der Waals surface area contributed by atoms with E-state index >= 15 is 0 Å². The predicted octanol–water partition coefficient (Wildman–Crippen LogP) is 0.621. The number of hydrogen-bond acceptors (Lipinski definition) is 4. The lowest BCUT2D eigenvalue weighted by atomic mass is 9.85. The Morgan fingerprint density at radius 1 is 1.22 bits per heavy atom.